The Morgan fingerprint density at radius 2 is 1.71 bits per heavy atom. The Morgan fingerprint density at radius 1 is 1.00 bits per heavy atom. The van der Waals surface area contributed by atoms with Gasteiger partial charge in [-0.15, -0.1) is 0 Å². The first-order valence-corrected chi connectivity index (χ1v) is 7.66. The minimum Gasteiger partial charge on any atom is -0.348 e. The molecule has 1 aliphatic carbocycles. The third kappa shape index (κ3) is 3.95. The molecular weight excluding hydrogens is 314 g/mol. The minimum absolute atomic E-state index is 0.0365. The van der Waals surface area contributed by atoms with Crippen LogP contribution in [-0.4, -0.2) is 11.8 Å². The highest BCUT2D eigenvalue weighted by Gasteiger charge is 2.29. The lowest BCUT2D eigenvalue weighted by Gasteiger charge is -2.08. The smallest absolute Gasteiger partial charge is 0.251 e. The van der Waals surface area contributed by atoms with E-state index >= 15 is 0 Å². The third-order valence-corrected chi connectivity index (χ3v) is 3.80. The molecule has 0 saturated heterocycles. The fourth-order valence-corrected chi connectivity index (χ4v) is 2.22. The van der Waals surface area contributed by atoms with E-state index < -0.39 is 17.5 Å². The quantitative estimate of drug-likeness (QED) is 0.884. The number of nitrogens with one attached hydrogen (secondary N) is 2. The summed E-state index contributed by atoms with van der Waals surface area (Å²) in [5, 5.41) is 5.46. The predicted octanol–water partition coefficient (Wildman–Crippen LogP) is 3.24. The molecule has 0 spiro atoms. The number of carbonyl (C=O) groups is 2. The molecule has 0 bridgehead atoms. The largest absolute Gasteiger partial charge is 0.348 e. The van der Waals surface area contributed by atoms with Crippen molar-refractivity contribution in [2.24, 2.45) is 5.92 Å². The first kappa shape index (κ1) is 16.1. The molecule has 0 unspecified atom stereocenters. The maximum absolute atomic E-state index is 13.1. The molecule has 0 aromatic heterocycles. The van der Waals surface area contributed by atoms with E-state index in [0.29, 0.717) is 5.69 Å². The van der Waals surface area contributed by atoms with E-state index in [9.17, 15) is 18.4 Å². The van der Waals surface area contributed by atoms with E-state index in [0.717, 1.165) is 30.5 Å². The molecule has 0 aliphatic heterocycles. The number of benzene rings is 2. The topological polar surface area (TPSA) is 58.2 Å². The average Bonchev–Trinajstić information content (AvgIpc) is 3.41. The van der Waals surface area contributed by atoms with Crippen LogP contribution in [0, 0.1) is 17.6 Å². The van der Waals surface area contributed by atoms with Crippen molar-refractivity contribution in [3.05, 3.63) is 65.2 Å². The van der Waals surface area contributed by atoms with Crippen LogP contribution in [0.2, 0.25) is 0 Å². The fourth-order valence-electron chi connectivity index (χ4n) is 2.22. The van der Waals surface area contributed by atoms with Gasteiger partial charge < -0.3 is 10.6 Å². The number of hydrogen-bond donors (Lipinski definition) is 2. The van der Waals surface area contributed by atoms with Gasteiger partial charge in [0, 0.05) is 23.7 Å². The zero-order chi connectivity index (χ0) is 17.1. The van der Waals surface area contributed by atoms with Crippen molar-refractivity contribution >= 4 is 17.5 Å². The monoisotopic (exact) mass is 330 g/mol. The number of anilines is 1. The lowest BCUT2D eigenvalue weighted by Crippen LogP contribution is -2.23. The molecular formula is C18H16F2N2O2. The Morgan fingerprint density at radius 3 is 2.33 bits per heavy atom. The summed E-state index contributed by atoms with van der Waals surface area (Å²) in [6.45, 7) is 0.245. The van der Waals surface area contributed by atoms with E-state index in [1.165, 1.54) is 6.07 Å². The number of rotatable bonds is 5. The van der Waals surface area contributed by atoms with Crippen molar-refractivity contribution in [2.75, 3.05) is 5.32 Å². The predicted molar refractivity (Wildman–Crippen MR) is 85.3 cm³/mol. The second kappa shape index (κ2) is 6.78. The SMILES string of the molecule is O=C(NCc1ccc(NC(=O)C2CC2)cc1)c1ccc(F)c(F)c1. The molecule has 0 heterocycles. The lowest BCUT2D eigenvalue weighted by atomic mass is 10.1. The first-order chi connectivity index (χ1) is 11.5. The number of hydrogen-bond acceptors (Lipinski definition) is 2. The molecule has 0 atom stereocenters. The Hall–Kier alpha value is -2.76. The zero-order valence-corrected chi connectivity index (χ0v) is 12.8. The molecule has 24 heavy (non-hydrogen) atoms. The van der Waals surface area contributed by atoms with E-state index in [-0.39, 0.29) is 23.9 Å². The summed E-state index contributed by atoms with van der Waals surface area (Å²) in [6, 6.07) is 10.1. The van der Waals surface area contributed by atoms with Gasteiger partial charge in [0.15, 0.2) is 11.6 Å². The van der Waals surface area contributed by atoms with Crippen LogP contribution in [0.25, 0.3) is 0 Å². The highest BCUT2D eigenvalue weighted by Crippen LogP contribution is 2.30. The second-order valence-electron chi connectivity index (χ2n) is 5.77. The van der Waals surface area contributed by atoms with Crippen molar-refractivity contribution in [1.82, 2.24) is 5.32 Å². The van der Waals surface area contributed by atoms with Gasteiger partial charge in [0.2, 0.25) is 5.91 Å². The summed E-state index contributed by atoms with van der Waals surface area (Å²) < 4.78 is 26.0. The van der Waals surface area contributed by atoms with Crippen LogP contribution < -0.4 is 10.6 Å². The molecule has 4 nitrogen and oxygen atoms in total. The highest BCUT2D eigenvalue weighted by atomic mass is 19.2. The standard InChI is InChI=1S/C18H16F2N2O2/c19-15-8-5-13(9-16(15)20)17(23)21-10-11-1-6-14(7-2-11)22-18(24)12-3-4-12/h1-2,5-9,12H,3-4,10H2,(H,21,23)(H,22,24). The van der Waals surface area contributed by atoms with E-state index in [1.54, 1.807) is 24.3 Å². The average molecular weight is 330 g/mol. The maximum atomic E-state index is 13.1. The summed E-state index contributed by atoms with van der Waals surface area (Å²) in [5.41, 5.74) is 1.60. The van der Waals surface area contributed by atoms with Crippen LogP contribution in [0.1, 0.15) is 28.8 Å². The highest BCUT2D eigenvalue weighted by molar-refractivity contribution is 5.94. The summed E-state index contributed by atoms with van der Waals surface area (Å²) in [4.78, 5) is 23.6. The van der Waals surface area contributed by atoms with Gasteiger partial charge in [-0.05, 0) is 48.7 Å². The van der Waals surface area contributed by atoms with Gasteiger partial charge in [-0.1, -0.05) is 12.1 Å². The second-order valence-corrected chi connectivity index (χ2v) is 5.77. The summed E-state index contributed by atoms with van der Waals surface area (Å²) >= 11 is 0. The van der Waals surface area contributed by atoms with Gasteiger partial charge in [0.05, 0.1) is 0 Å². The van der Waals surface area contributed by atoms with E-state index in [2.05, 4.69) is 10.6 Å². The van der Waals surface area contributed by atoms with Crippen molar-refractivity contribution in [3.8, 4) is 0 Å². The number of amides is 2. The summed E-state index contributed by atoms with van der Waals surface area (Å²) in [5.74, 6) is -2.36. The third-order valence-electron chi connectivity index (χ3n) is 3.80. The Bertz CT molecular complexity index is 771. The van der Waals surface area contributed by atoms with Crippen molar-refractivity contribution in [2.45, 2.75) is 19.4 Å². The molecule has 1 fully saturated rings. The van der Waals surface area contributed by atoms with E-state index in [1.807, 2.05) is 0 Å². The van der Waals surface area contributed by atoms with Crippen LogP contribution in [-0.2, 0) is 11.3 Å². The molecule has 1 saturated carbocycles. The minimum atomic E-state index is -1.06. The van der Waals surface area contributed by atoms with Crippen LogP contribution in [0.5, 0.6) is 0 Å². The maximum Gasteiger partial charge on any atom is 0.251 e. The molecule has 2 amide bonds. The molecule has 6 heteroatoms. The van der Waals surface area contributed by atoms with Gasteiger partial charge in [0.1, 0.15) is 0 Å². The van der Waals surface area contributed by atoms with Crippen LogP contribution in [0.3, 0.4) is 0 Å². The Kier molecular flexibility index (Phi) is 4.55. The van der Waals surface area contributed by atoms with Gasteiger partial charge in [-0.2, -0.15) is 0 Å². The summed E-state index contributed by atoms with van der Waals surface area (Å²) in [6.07, 6.45) is 1.89. The van der Waals surface area contributed by atoms with Crippen molar-refractivity contribution in [3.63, 3.8) is 0 Å². The normalized spacial score (nSPS) is 13.4. The van der Waals surface area contributed by atoms with Crippen LogP contribution in [0.4, 0.5) is 14.5 Å². The van der Waals surface area contributed by atoms with Crippen molar-refractivity contribution < 1.29 is 18.4 Å². The van der Waals surface area contributed by atoms with Gasteiger partial charge in [-0.25, -0.2) is 8.78 Å². The molecule has 2 aromatic carbocycles. The zero-order valence-electron chi connectivity index (χ0n) is 12.8. The van der Waals surface area contributed by atoms with Gasteiger partial charge in [-0.3, -0.25) is 9.59 Å². The number of carbonyl (C=O) groups excluding carboxylic acids is 2. The van der Waals surface area contributed by atoms with E-state index in [4.69, 9.17) is 0 Å². The van der Waals surface area contributed by atoms with Crippen molar-refractivity contribution in [1.29, 1.82) is 0 Å². The summed E-state index contributed by atoms with van der Waals surface area (Å²) in [7, 11) is 0. The molecule has 3 rings (SSSR count). The molecule has 124 valence electrons. The number of halogens is 2. The first-order valence-electron chi connectivity index (χ1n) is 7.66. The molecule has 2 N–H and O–H groups in total. The Balaban J connectivity index is 1.54. The lowest BCUT2D eigenvalue weighted by molar-refractivity contribution is -0.117. The Labute approximate surface area is 137 Å². The fraction of sp³-hybridized carbons (Fsp3) is 0.222. The van der Waals surface area contributed by atoms with Crippen LogP contribution >= 0.6 is 0 Å². The van der Waals surface area contributed by atoms with Crippen LogP contribution in [0.15, 0.2) is 42.5 Å². The molecule has 2 aromatic rings. The van der Waals surface area contributed by atoms with Gasteiger partial charge >= 0.3 is 0 Å². The molecule has 0 radical (unpaired) electrons. The molecule has 1 aliphatic rings. The van der Waals surface area contributed by atoms with Gasteiger partial charge in [0.25, 0.3) is 5.91 Å².